The number of hydrogen-bond donors (Lipinski definition) is 1. The summed E-state index contributed by atoms with van der Waals surface area (Å²) in [5.74, 6) is -1.83. The number of aliphatic carboxylic acids is 1. The minimum atomic E-state index is -5.81. The molecule has 0 aromatic carbocycles. The SMILES string of the molecule is COC1C(OS(=O)(=O)[O-])COC(C(=O)O)[C@@H]1O[C@@H]1OC(COS(=O)(=O)[O-])CC(OS(=O)(=O)[O-])C1OS(=O)(=O)[O-].COC1CC(COS(=O)(=O)[O-])O[C@H](C)C1OS(=O)(=O)[O-]. The highest BCUT2D eigenvalue weighted by Crippen LogP contribution is 2.33. The molecule has 12 atom stereocenters. The van der Waals surface area contributed by atoms with Gasteiger partial charge in [-0.25, -0.2) is 55.3 Å². The molecule has 32 nitrogen and oxygen atoms in total. The standard InChI is InChI=1S/C13H22O22S4.C8H16O10S2/c1-28-8-7(34-38(22,23)24)4-29-11(12(14)15)10(8)32-13-9(35-39(25,26)27)6(33-37(19,20)21)2-5(31-13)3-30-36(16,17)18;1-5-8(18-20(12,13)14)7(15-2)3-6(17-5)4-16-19(9,10)11/h5-11,13H,2-4H2,1H3,(H,14,15)(H,16,17,18)(H,19,20,21)(H,22,23,24)(H,25,26,27);5-8H,3-4H2,1-2H3,(H,9,10,11)(H,12,13,14)/p-6/t5?,6?,7?,8?,9?,10-,11?,13+;5-,6?,7?,8?/m11/s1. The average molecular weight is 989 g/mol. The largest absolute Gasteiger partial charge is 0.726 e. The summed E-state index contributed by atoms with van der Waals surface area (Å²) in [6.45, 7) is -1.25. The molecule has 3 rings (SSSR count). The summed E-state index contributed by atoms with van der Waals surface area (Å²) in [6.07, 6.45) is -21.9. The Bertz CT molecular complexity index is 2070. The van der Waals surface area contributed by atoms with Gasteiger partial charge in [-0.15, -0.1) is 0 Å². The van der Waals surface area contributed by atoms with Gasteiger partial charge in [-0.2, -0.15) is 0 Å². The van der Waals surface area contributed by atoms with Gasteiger partial charge in [-0.3, -0.25) is 25.1 Å². The van der Waals surface area contributed by atoms with Gasteiger partial charge in [0.15, 0.2) is 18.5 Å². The maximum atomic E-state index is 11.7. The maximum Gasteiger partial charge on any atom is 0.335 e. The van der Waals surface area contributed by atoms with Gasteiger partial charge in [0.25, 0.3) is 0 Å². The van der Waals surface area contributed by atoms with E-state index in [1.165, 1.54) is 14.0 Å². The first kappa shape index (κ1) is 53.6. The predicted molar refractivity (Wildman–Crippen MR) is 166 cm³/mol. The number of carboxylic acid groups (broad SMARTS) is 1. The van der Waals surface area contributed by atoms with E-state index in [-0.39, 0.29) is 6.42 Å². The molecule has 0 amide bonds. The van der Waals surface area contributed by atoms with Gasteiger partial charge in [0, 0.05) is 27.1 Å². The molecule has 1 N–H and O–H groups in total. The molecule has 0 aromatic heterocycles. The van der Waals surface area contributed by atoms with Crippen LogP contribution in [0.15, 0.2) is 0 Å². The van der Waals surface area contributed by atoms with Crippen molar-refractivity contribution in [3.8, 4) is 0 Å². The second kappa shape index (κ2) is 21.2. The Labute approximate surface area is 335 Å². The zero-order valence-corrected chi connectivity index (χ0v) is 34.4. The lowest BCUT2D eigenvalue weighted by Gasteiger charge is -2.45. The maximum absolute atomic E-state index is 11.7. The van der Waals surface area contributed by atoms with Crippen molar-refractivity contribution in [2.45, 2.75) is 93.2 Å². The van der Waals surface area contributed by atoms with Crippen LogP contribution in [0.5, 0.6) is 0 Å². The normalized spacial score (nSPS) is 32.8. The number of ether oxygens (including phenoxy) is 6. The van der Waals surface area contributed by atoms with Crippen LogP contribution in [0.3, 0.4) is 0 Å². The molecule has 59 heavy (non-hydrogen) atoms. The summed E-state index contributed by atoms with van der Waals surface area (Å²) in [7, 11) is -30.1. The lowest BCUT2D eigenvalue weighted by atomic mass is 9.98. The summed E-state index contributed by atoms with van der Waals surface area (Å²) in [5.41, 5.74) is 0. The molecule has 3 fully saturated rings. The van der Waals surface area contributed by atoms with E-state index in [1.807, 2.05) is 0 Å². The van der Waals surface area contributed by atoms with E-state index in [1.54, 1.807) is 0 Å². The van der Waals surface area contributed by atoms with E-state index in [4.69, 9.17) is 28.4 Å². The first-order valence-corrected chi connectivity index (χ1v) is 23.2. The smallest absolute Gasteiger partial charge is 0.335 e. The van der Waals surface area contributed by atoms with Gasteiger partial charge in [0.1, 0.15) is 30.5 Å². The van der Waals surface area contributed by atoms with Crippen molar-refractivity contribution in [2.24, 2.45) is 0 Å². The second-order valence-corrected chi connectivity index (χ2v) is 17.8. The topological polar surface area (TPSA) is 491 Å². The fourth-order valence-corrected chi connectivity index (χ4v) is 8.10. The van der Waals surface area contributed by atoms with Crippen LogP contribution in [0.2, 0.25) is 0 Å². The van der Waals surface area contributed by atoms with E-state index < -0.39 is 168 Å². The average Bonchev–Trinajstić information content (AvgIpc) is 3.02. The molecule has 3 heterocycles. The van der Waals surface area contributed by atoms with Crippen LogP contribution >= 0.6 is 0 Å². The molecule has 0 saturated carbocycles. The molecule has 3 saturated heterocycles. The van der Waals surface area contributed by atoms with Gasteiger partial charge in [0.2, 0.25) is 62.4 Å². The molecular weight excluding hydrogens is 957 g/mol. The summed E-state index contributed by atoms with van der Waals surface area (Å²) in [4.78, 5) is 11.7. The minimum Gasteiger partial charge on any atom is -0.726 e. The van der Waals surface area contributed by atoms with Gasteiger partial charge in [-0.05, 0) is 6.92 Å². The molecule has 3 aliphatic rings. The van der Waals surface area contributed by atoms with Gasteiger partial charge in [0.05, 0.1) is 44.2 Å². The number of methoxy groups -OCH3 is 2. The van der Waals surface area contributed by atoms with Crippen LogP contribution in [0.25, 0.3) is 0 Å². The Morgan fingerprint density at radius 3 is 1.44 bits per heavy atom. The van der Waals surface area contributed by atoms with Crippen molar-refractivity contribution < 1.29 is 141 Å². The number of hydrogen-bond acceptors (Lipinski definition) is 31. The Balaban J connectivity index is 0.000000503. The summed E-state index contributed by atoms with van der Waals surface area (Å²) >= 11 is 0. The minimum absolute atomic E-state index is 0.00343. The number of carboxylic acids is 1. The van der Waals surface area contributed by atoms with Crippen LogP contribution < -0.4 is 0 Å². The highest BCUT2D eigenvalue weighted by atomic mass is 32.3. The molecule has 9 unspecified atom stereocenters. The van der Waals surface area contributed by atoms with Crippen molar-refractivity contribution >= 4 is 68.4 Å². The molecule has 350 valence electrons. The zero-order valence-electron chi connectivity index (χ0n) is 29.5. The summed E-state index contributed by atoms with van der Waals surface area (Å²) in [6, 6.07) is 0. The number of rotatable bonds is 19. The molecule has 0 aliphatic carbocycles. The van der Waals surface area contributed by atoms with E-state index >= 15 is 0 Å². The second-order valence-electron chi connectivity index (χ2n) is 11.6. The highest BCUT2D eigenvalue weighted by Gasteiger charge is 2.52. The fourth-order valence-electron chi connectivity index (χ4n) is 5.47. The van der Waals surface area contributed by atoms with Crippen molar-refractivity contribution in [1.82, 2.24) is 0 Å². The molecular formula is C21H32O32S6-6. The molecule has 38 heteroatoms. The molecule has 0 spiro atoms. The van der Waals surface area contributed by atoms with Crippen LogP contribution in [0, 0.1) is 0 Å². The highest BCUT2D eigenvalue weighted by molar-refractivity contribution is 7.82. The zero-order chi connectivity index (χ0) is 45.5. The monoisotopic (exact) mass is 988 g/mol. The first-order valence-electron chi connectivity index (χ1n) is 15.2. The van der Waals surface area contributed by atoms with Crippen molar-refractivity contribution in [3.63, 3.8) is 0 Å². The number of carbonyl (C=O) groups is 1. The Morgan fingerprint density at radius 1 is 0.576 bits per heavy atom. The van der Waals surface area contributed by atoms with Crippen LogP contribution in [-0.2, 0) is 121 Å². The van der Waals surface area contributed by atoms with Gasteiger partial charge < -0.3 is 60.8 Å². The third-order valence-electron chi connectivity index (χ3n) is 7.46. The molecule has 0 aromatic rings. The molecule has 3 aliphatic heterocycles. The van der Waals surface area contributed by atoms with Gasteiger partial charge in [-0.1, -0.05) is 0 Å². The summed E-state index contributed by atoms with van der Waals surface area (Å²) < 4.78 is 252. The lowest BCUT2D eigenvalue weighted by Crippen LogP contribution is -2.62. The van der Waals surface area contributed by atoms with Crippen LogP contribution in [0.1, 0.15) is 19.8 Å². The van der Waals surface area contributed by atoms with E-state index in [9.17, 15) is 87.7 Å². The van der Waals surface area contributed by atoms with Crippen molar-refractivity contribution in [3.05, 3.63) is 0 Å². The summed E-state index contributed by atoms with van der Waals surface area (Å²) in [5, 5.41) is 9.49. The van der Waals surface area contributed by atoms with Crippen molar-refractivity contribution in [1.29, 1.82) is 0 Å². The Hall–Kier alpha value is -1.55. The van der Waals surface area contributed by atoms with Crippen LogP contribution in [0.4, 0.5) is 0 Å². The van der Waals surface area contributed by atoms with Crippen molar-refractivity contribution in [2.75, 3.05) is 34.0 Å². The fraction of sp³-hybridized carbons (Fsp3) is 0.952. The van der Waals surface area contributed by atoms with E-state index in [0.29, 0.717) is 0 Å². The predicted octanol–water partition coefficient (Wildman–Crippen LogP) is -6.50. The van der Waals surface area contributed by atoms with E-state index in [0.717, 1.165) is 7.11 Å². The van der Waals surface area contributed by atoms with E-state index in [2.05, 4.69) is 25.1 Å². The van der Waals surface area contributed by atoms with Crippen LogP contribution in [-0.4, -0.2) is 196 Å². The third kappa shape index (κ3) is 20.0. The first-order chi connectivity index (χ1) is 26.6. The quantitative estimate of drug-likeness (QED) is 0.0928. The molecule has 0 bridgehead atoms. The lowest BCUT2D eigenvalue weighted by molar-refractivity contribution is -0.310. The molecule has 0 radical (unpaired) electrons. The van der Waals surface area contributed by atoms with Gasteiger partial charge >= 0.3 is 5.97 Å². The Morgan fingerprint density at radius 2 is 1.02 bits per heavy atom. The third-order valence-corrected chi connectivity index (χ3v) is 10.2. The Kier molecular flexibility index (Phi) is 19.3.